The number of ether oxygens (including phenoxy) is 2. The molecule has 3 aromatic rings. The first-order valence-electron chi connectivity index (χ1n) is 9.44. The van der Waals surface area contributed by atoms with Crippen molar-refractivity contribution in [3.05, 3.63) is 47.0 Å². The fraction of sp³-hybridized carbons (Fsp3) is 0.333. The van der Waals surface area contributed by atoms with Crippen LogP contribution in [-0.2, 0) is 0 Å². The number of hydrogen-bond acceptors (Lipinski definition) is 6. The topological polar surface area (TPSA) is 54.9 Å². The molecule has 1 aliphatic rings. The minimum absolute atomic E-state index is 0.115. The predicted octanol–water partition coefficient (Wildman–Crippen LogP) is 4.32. The van der Waals surface area contributed by atoms with Gasteiger partial charge in [-0.15, -0.1) is 0 Å². The van der Waals surface area contributed by atoms with E-state index < -0.39 is 0 Å². The molecule has 0 unspecified atom stereocenters. The average molecular weight is 432 g/mol. The second kappa shape index (κ2) is 8.57. The zero-order chi connectivity index (χ0) is 20.4. The lowest BCUT2D eigenvalue weighted by Crippen LogP contribution is -2.33. The van der Waals surface area contributed by atoms with Gasteiger partial charge in [-0.3, -0.25) is 9.69 Å². The summed E-state index contributed by atoms with van der Waals surface area (Å²) in [4.78, 5) is 21.9. The number of benzene rings is 2. The lowest BCUT2D eigenvalue weighted by Gasteiger charge is -2.23. The summed E-state index contributed by atoms with van der Waals surface area (Å²) >= 11 is 7.77. The molecule has 0 N–H and O–H groups in total. The monoisotopic (exact) mass is 431 g/mol. The number of carbonyl (C=O) groups excluding carboxylic acids is 1. The van der Waals surface area contributed by atoms with Crippen molar-refractivity contribution in [2.45, 2.75) is 6.42 Å². The van der Waals surface area contributed by atoms with Gasteiger partial charge in [-0.2, -0.15) is 0 Å². The third-order valence-electron chi connectivity index (χ3n) is 4.61. The molecule has 1 aliphatic heterocycles. The largest absolute Gasteiger partial charge is 0.486 e. The van der Waals surface area contributed by atoms with Gasteiger partial charge in [-0.1, -0.05) is 29.0 Å². The van der Waals surface area contributed by atoms with Gasteiger partial charge in [-0.05, 0) is 57.4 Å². The van der Waals surface area contributed by atoms with Crippen molar-refractivity contribution < 1.29 is 14.3 Å². The van der Waals surface area contributed by atoms with Gasteiger partial charge in [0.25, 0.3) is 5.91 Å². The first-order chi connectivity index (χ1) is 14.0. The van der Waals surface area contributed by atoms with E-state index in [1.807, 2.05) is 32.3 Å². The molecular weight excluding hydrogens is 410 g/mol. The van der Waals surface area contributed by atoms with Crippen molar-refractivity contribution in [3.8, 4) is 11.5 Å². The maximum atomic E-state index is 13.4. The van der Waals surface area contributed by atoms with Gasteiger partial charge in [0.05, 0.1) is 9.72 Å². The van der Waals surface area contributed by atoms with Crippen LogP contribution >= 0.6 is 22.9 Å². The Kier molecular flexibility index (Phi) is 5.89. The molecule has 2 heterocycles. The van der Waals surface area contributed by atoms with Crippen LogP contribution in [0.15, 0.2) is 36.4 Å². The molecule has 0 saturated carbocycles. The Bertz CT molecular complexity index is 1040. The summed E-state index contributed by atoms with van der Waals surface area (Å²) in [5, 5.41) is 1.23. The van der Waals surface area contributed by atoms with E-state index in [0.29, 0.717) is 47.0 Å². The molecule has 1 aromatic heterocycles. The van der Waals surface area contributed by atoms with Crippen LogP contribution in [0.2, 0.25) is 5.02 Å². The number of carbonyl (C=O) groups is 1. The summed E-state index contributed by atoms with van der Waals surface area (Å²) in [5.41, 5.74) is 1.27. The molecule has 0 bridgehead atoms. The third kappa shape index (κ3) is 4.32. The highest BCUT2D eigenvalue weighted by atomic mass is 35.5. The van der Waals surface area contributed by atoms with E-state index in [1.54, 1.807) is 23.1 Å². The summed E-state index contributed by atoms with van der Waals surface area (Å²) in [5.74, 6) is 1.15. The van der Waals surface area contributed by atoms with Crippen LogP contribution in [0.3, 0.4) is 0 Å². The molecule has 29 heavy (non-hydrogen) atoms. The number of fused-ring (bicyclic) bond motifs is 2. The molecule has 0 spiro atoms. The third-order valence-corrected chi connectivity index (χ3v) is 5.96. The molecule has 8 heteroatoms. The minimum Gasteiger partial charge on any atom is -0.486 e. The highest BCUT2D eigenvalue weighted by Gasteiger charge is 2.23. The summed E-state index contributed by atoms with van der Waals surface area (Å²) in [6, 6.07) is 11.0. The summed E-state index contributed by atoms with van der Waals surface area (Å²) in [6.07, 6.45) is 0.826. The fourth-order valence-corrected chi connectivity index (χ4v) is 4.47. The standard InChI is InChI=1S/C21H22ClN3O3S/c1-24(2)9-4-10-25(21-23-19-15(22)5-3-6-18(19)29-21)20(26)14-7-8-16-17(13-14)28-12-11-27-16/h3,5-8,13H,4,9-12H2,1-2H3. The lowest BCUT2D eigenvalue weighted by molar-refractivity contribution is 0.0984. The quantitative estimate of drug-likeness (QED) is 0.581. The Labute approximate surface area is 178 Å². The summed E-state index contributed by atoms with van der Waals surface area (Å²) in [7, 11) is 4.04. The molecule has 0 fully saturated rings. The first-order valence-corrected chi connectivity index (χ1v) is 10.6. The number of hydrogen-bond donors (Lipinski definition) is 0. The molecular formula is C21H22ClN3O3S. The maximum Gasteiger partial charge on any atom is 0.260 e. The van der Waals surface area contributed by atoms with Crippen LogP contribution in [0.4, 0.5) is 5.13 Å². The average Bonchev–Trinajstić information content (AvgIpc) is 3.15. The Hall–Kier alpha value is -2.35. The number of rotatable bonds is 6. The SMILES string of the molecule is CN(C)CCCN(C(=O)c1ccc2c(c1)OCCO2)c1nc2c(Cl)cccc2s1. The van der Waals surface area contributed by atoms with Gasteiger partial charge in [0.2, 0.25) is 0 Å². The van der Waals surface area contributed by atoms with E-state index in [-0.39, 0.29) is 5.91 Å². The second-order valence-corrected chi connectivity index (χ2v) is 8.47. The zero-order valence-electron chi connectivity index (χ0n) is 16.4. The highest BCUT2D eigenvalue weighted by Crippen LogP contribution is 2.35. The second-order valence-electron chi connectivity index (χ2n) is 7.06. The van der Waals surface area contributed by atoms with Crippen molar-refractivity contribution in [1.82, 2.24) is 9.88 Å². The molecule has 0 aliphatic carbocycles. The van der Waals surface area contributed by atoms with Gasteiger partial charge >= 0.3 is 0 Å². The predicted molar refractivity (Wildman–Crippen MR) is 117 cm³/mol. The van der Waals surface area contributed by atoms with Crippen molar-refractivity contribution in [1.29, 1.82) is 0 Å². The summed E-state index contributed by atoms with van der Waals surface area (Å²) in [6.45, 7) is 2.43. The van der Waals surface area contributed by atoms with E-state index >= 15 is 0 Å². The van der Waals surface area contributed by atoms with Crippen LogP contribution < -0.4 is 14.4 Å². The molecule has 0 saturated heterocycles. The molecule has 0 radical (unpaired) electrons. The zero-order valence-corrected chi connectivity index (χ0v) is 17.9. The van der Waals surface area contributed by atoms with Crippen LogP contribution in [0, 0.1) is 0 Å². The summed E-state index contributed by atoms with van der Waals surface area (Å²) < 4.78 is 12.2. The van der Waals surface area contributed by atoms with Gasteiger partial charge < -0.3 is 14.4 Å². The Morgan fingerprint density at radius 2 is 1.93 bits per heavy atom. The number of nitrogens with zero attached hydrogens (tertiary/aromatic N) is 3. The smallest absolute Gasteiger partial charge is 0.260 e. The fourth-order valence-electron chi connectivity index (χ4n) is 3.18. The minimum atomic E-state index is -0.115. The Morgan fingerprint density at radius 1 is 1.14 bits per heavy atom. The van der Waals surface area contributed by atoms with Crippen LogP contribution in [-0.4, -0.2) is 56.2 Å². The first kappa shape index (κ1) is 19.9. The molecule has 6 nitrogen and oxygen atoms in total. The van der Waals surface area contributed by atoms with Crippen molar-refractivity contribution in [2.75, 3.05) is 45.3 Å². The maximum absolute atomic E-state index is 13.4. The Balaban J connectivity index is 1.67. The normalized spacial score (nSPS) is 13.1. The van der Waals surface area contributed by atoms with E-state index in [4.69, 9.17) is 21.1 Å². The number of amides is 1. The number of anilines is 1. The Morgan fingerprint density at radius 3 is 2.69 bits per heavy atom. The van der Waals surface area contributed by atoms with Crippen molar-refractivity contribution in [2.24, 2.45) is 0 Å². The number of para-hydroxylation sites is 1. The van der Waals surface area contributed by atoms with E-state index in [9.17, 15) is 4.79 Å². The van der Waals surface area contributed by atoms with Gasteiger partial charge in [0, 0.05) is 12.1 Å². The number of aromatic nitrogens is 1. The van der Waals surface area contributed by atoms with Crippen molar-refractivity contribution >= 4 is 44.2 Å². The molecule has 4 rings (SSSR count). The molecule has 0 atom stereocenters. The van der Waals surface area contributed by atoms with Crippen molar-refractivity contribution in [3.63, 3.8) is 0 Å². The number of thiazole rings is 1. The van der Waals surface area contributed by atoms with E-state index in [2.05, 4.69) is 9.88 Å². The molecule has 2 aromatic carbocycles. The molecule has 152 valence electrons. The van der Waals surface area contributed by atoms with Gasteiger partial charge in [-0.25, -0.2) is 4.98 Å². The lowest BCUT2D eigenvalue weighted by atomic mass is 10.1. The number of halogens is 1. The van der Waals surface area contributed by atoms with Crippen LogP contribution in [0.5, 0.6) is 11.5 Å². The van der Waals surface area contributed by atoms with Gasteiger partial charge in [0.15, 0.2) is 16.6 Å². The van der Waals surface area contributed by atoms with Crippen LogP contribution in [0.1, 0.15) is 16.8 Å². The van der Waals surface area contributed by atoms with E-state index in [1.165, 1.54) is 11.3 Å². The van der Waals surface area contributed by atoms with E-state index in [0.717, 1.165) is 23.2 Å². The van der Waals surface area contributed by atoms with Crippen LogP contribution in [0.25, 0.3) is 10.2 Å². The van der Waals surface area contributed by atoms with Gasteiger partial charge in [0.1, 0.15) is 18.7 Å². The molecule has 1 amide bonds. The highest BCUT2D eigenvalue weighted by molar-refractivity contribution is 7.22.